The van der Waals surface area contributed by atoms with Crippen molar-refractivity contribution in [3.63, 3.8) is 0 Å². The molecule has 2 heterocycles. The normalized spacial score (nSPS) is 44.8. The van der Waals surface area contributed by atoms with E-state index in [0.29, 0.717) is 17.8 Å². The van der Waals surface area contributed by atoms with Crippen molar-refractivity contribution in [3.8, 4) is 0 Å². The number of carbonyl (C=O) groups excluding carboxylic acids is 1. The molecule has 2 bridgehead atoms. The van der Waals surface area contributed by atoms with E-state index in [0.717, 1.165) is 44.3 Å². The Kier molecular flexibility index (Phi) is 3.84. The molecule has 1 aromatic heterocycles. The highest BCUT2D eigenvalue weighted by Gasteiger charge is 2.68. The summed E-state index contributed by atoms with van der Waals surface area (Å²) < 4.78 is 16.9. The van der Waals surface area contributed by atoms with Crippen LogP contribution in [0, 0.1) is 28.6 Å². The van der Waals surface area contributed by atoms with Crippen LogP contribution in [0.4, 0.5) is 0 Å². The molecule has 2 fully saturated rings. The highest BCUT2D eigenvalue weighted by molar-refractivity contribution is 5.82. The smallest absolute Gasteiger partial charge is 0.316 e. The third kappa shape index (κ3) is 2.04. The minimum Gasteiger partial charge on any atom is -0.469 e. The van der Waals surface area contributed by atoms with Crippen molar-refractivity contribution in [2.24, 2.45) is 33.6 Å². The van der Waals surface area contributed by atoms with Crippen LogP contribution in [0.1, 0.15) is 56.3 Å². The zero-order chi connectivity index (χ0) is 18.8. The molecule has 0 amide bonds. The number of hydrogen-bond acceptors (Lipinski definition) is 5. The van der Waals surface area contributed by atoms with Crippen LogP contribution >= 0.6 is 0 Å². The van der Waals surface area contributed by atoms with Gasteiger partial charge >= 0.3 is 5.97 Å². The van der Waals surface area contributed by atoms with Crippen LogP contribution in [0.15, 0.2) is 21.7 Å². The first-order valence-electron chi connectivity index (χ1n) is 10.3. The van der Waals surface area contributed by atoms with Gasteiger partial charge in [-0.15, -0.1) is 0 Å². The van der Waals surface area contributed by atoms with Gasteiger partial charge in [0.25, 0.3) is 0 Å². The zero-order valence-corrected chi connectivity index (χ0v) is 16.4. The van der Waals surface area contributed by atoms with Gasteiger partial charge in [0.15, 0.2) is 6.23 Å². The first-order chi connectivity index (χ1) is 13.1. The standard InChI is InChI=1S/C22H29NO4/c1-13-14-5-6-18-21(16(14)11-17-15(13)7-10-27-17)8-4-9-22(18,20(24)26-3)19(25-2)23-12-21/h7,10,12-14,16,18-19H,4-6,8-9,11H2,1-3H3/t13-,14+,16+,18-,19-,21+,22-/m1/s1. The van der Waals surface area contributed by atoms with Crippen molar-refractivity contribution >= 4 is 12.2 Å². The van der Waals surface area contributed by atoms with E-state index in [2.05, 4.69) is 19.2 Å². The second kappa shape index (κ2) is 5.94. The van der Waals surface area contributed by atoms with Crippen molar-refractivity contribution in [3.05, 3.63) is 23.7 Å². The number of fused-ring (bicyclic) bond motifs is 2. The number of hydrogen-bond donors (Lipinski definition) is 0. The molecule has 2 saturated carbocycles. The van der Waals surface area contributed by atoms with Gasteiger partial charge in [0.2, 0.25) is 0 Å². The van der Waals surface area contributed by atoms with Gasteiger partial charge in [0, 0.05) is 25.2 Å². The van der Waals surface area contributed by atoms with Gasteiger partial charge in [-0.3, -0.25) is 9.79 Å². The molecule has 5 heteroatoms. The molecule has 4 aliphatic rings. The van der Waals surface area contributed by atoms with Crippen molar-refractivity contribution in [1.82, 2.24) is 0 Å². The minimum absolute atomic E-state index is 0.0525. The van der Waals surface area contributed by atoms with Crippen molar-refractivity contribution in [2.45, 2.75) is 57.6 Å². The van der Waals surface area contributed by atoms with Crippen molar-refractivity contribution in [2.75, 3.05) is 14.2 Å². The topological polar surface area (TPSA) is 61.0 Å². The Morgan fingerprint density at radius 2 is 2.15 bits per heavy atom. The average molecular weight is 371 g/mol. The summed E-state index contributed by atoms with van der Waals surface area (Å²) in [5, 5.41) is 0. The van der Waals surface area contributed by atoms with Crippen LogP contribution in [0.3, 0.4) is 0 Å². The molecule has 1 aromatic rings. The van der Waals surface area contributed by atoms with E-state index in [-0.39, 0.29) is 17.3 Å². The monoisotopic (exact) mass is 371 g/mol. The Hall–Kier alpha value is -1.62. The predicted molar refractivity (Wildman–Crippen MR) is 101 cm³/mol. The fourth-order valence-electron chi connectivity index (χ4n) is 7.43. The summed E-state index contributed by atoms with van der Waals surface area (Å²) in [5.74, 6) is 2.81. The molecule has 146 valence electrons. The molecule has 5 rings (SSSR count). The van der Waals surface area contributed by atoms with Crippen LogP contribution in [-0.4, -0.2) is 32.6 Å². The molecule has 27 heavy (non-hydrogen) atoms. The van der Waals surface area contributed by atoms with E-state index in [4.69, 9.17) is 18.9 Å². The first kappa shape index (κ1) is 17.5. The number of aliphatic imine (C=N–C) groups is 1. The zero-order valence-electron chi connectivity index (χ0n) is 16.4. The third-order valence-electron chi connectivity index (χ3n) is 8.46. The molecule has 0 saturated heterocycles. The highest BCUT2D eigenvalue weighted by atomic mass is 16.5. The summed E-state index contributed by atoms with van der Waals surface area (Å²) in [6.45, 7) is 2.34. The van der Waals surface area contributed by atoms with Crippen LogP contribution in [0.5, 0.6) is 0 Å². The lowest BCUT2D eigenvalue weighted by Crippen LogP contribution is -2.65. The van der Waals surface area contributed by atoms with Gasteiger partial charge in [-0.25, -0.2) is 0 Å². The van der Waals surface area contributed by atoms with E-state index >= 15 is 0 Å². The maximum Gasteiger partial charge on any atom is 0.316 e. The van der Waals surface area contributed by atoms with E-state index in [1.54, 1.807) is 7.11 Å². The first-order valence-corrected chi connectivity index (χ1v) is 10.3. The fourth-order valence-corrected chi connectivity index (χ4v) is 7.43. The SMILES string of the molecule is COC(=O)[C@@]12CCC[C@@]3(C=N[C@@H]1OC)[C@H]2CC[C@H]1[C@@H](C)c2ccoc2C[C@@H]13. The number of rotatable bonds is 2. The minimum atomic E-state index is -0.645. The summed E-state index contributed by atoms with van der Waals surface area (Å²) in [6.07, 6.45) is 9.65. The summed E-state index contributed by atoms with van der Waals surface area (Å²) in [4.78, 5) is 17.9. The van der Waals surface area contributed by atoms with Gasteiger partial charge in [-0.05, 0) is 61.0 Å². The number of carbonyl (C=O) groups is 1. The van der Waals surface area contributed by atoms with Gasteiger partial charge < -0.3 is 13.9 Å². The summed E-state index contributed by atoms with van der Waals surface area (Å²) in [6, 6.07) is 2.15. The average Bonchev–Trinajstić information content (AvgIpc) is 3.16. The summed E-state index contributed by atoms with van der Waals surface area (Å²) in [5.41, 5.74) is 0.681. The highest BCUT2D eigenvalue weighted by Crippen LogP contribution is 2.67. The summed E-state index contributed by atoms with van der Waals surface area (Å²) >= 11 is 0. The van der Waals surface area contributed by atoms with Gasteiger partial charge in [-0.2, -0.15) is 0 Å². The summed E-state index contributed by atoms with van der Waals surface area (Å²) in [7, 11) is 3.17. The van der Waals surface area contributed by atoms with Gasteiger partial charge in [0.1, 0.15) is 11.2 Å². The molecule has 0 radical (unpaired) electrons. The lowest BCUT2D eigenvalue weighted by atomic mass is 9.41. The molecule has 0 unspecified atom stereocenters. The van der Waals surface area contributed by atoms with Crippen LogP contribution in [0.25, 0.3) is 0 Å². The van der Waals surface area contributed by atoms with E-state index in [1.165, 1.54) is 12.7 Å². The second-order valence-electron chi connectivity index (χ2n) is 9.06. The Bertz CT molecular complexity index is 785. The molecule has 3 aliphatic carbocycles. The fraction of sp³-hybridized carbons (Fsp3) is 0.727. The van der Waals surface area contributed by atoms with Crippen molar-refractivity contribution < 1.29 is 18.7 Å². The van der Waals surface area contributed by atoms with Crippen molar-refractivity contribution in [1.29, 1.82) is 0 Å². The molecule has 0 spiro atoms. The van der Waals surface area contributed by atoms with Crippen LogP contribution < -0.4 is 0 Å². The Balaban J connectivity index is 1.65. The Labute approximate surface area is 160 Å². The maximum absolute atomic E-state index is 13.1. The van der Waals surface area contributed by atoms with E-state index in [9.17, 15) is 4.79 Å². The number of furan rings is 1. The maximum atomic E-state index is 13.1. The largest absolute Gasteiger partial charge is 0.469 e. The Morgan fingerprint density at radius 3 is 2.93 bits per heavy atom. The van der Waals surface area contributed by atoms with Gasteiger partial charge in [0.05, 0.1) is 13.4 Å². The number of esters is 1. The molecule has 5 nitrogen and oxygen atoms in total. The molecule has 1 aliphatic heterocycles. The molecule has 0 aromatic carbocycles. The molecular weight excluding hydrogens is 342 g/mol. The quantitative estimate of drug-likeness (QED) is 0.738. The predicted octanol–water partition coefficient (Wildman–Crippen LogP) is 3.97. The second-order valence-corrected chi connectivity index (χ2v) is 9.06. The van der Waals surface area contributed by atoms with Gasteiger partial charge in [-0.1, -0.05) is 13.3 Å². The lowest BCUT2D eigenvalue weighted by Gasteiger charge is -2.63. The lowest BCUT2D eigenvalue weighted by molar-refractivity contribution is -0.194. The number of methoxy groups -OCH3 is 2. The van der Waals surface area contributed by atoms with Crippen LogP contribution in [0.2, 0.25) is 0 Å². The molecular formula is C22H29NO4. The Morgan fingerprint density at radius 1 is 1.30 bits per heavy atom. The molecule has 0 N–H and O–H groups in total. The van der Waals surface area contributed by atoms with E-state index < -0.39 is 11.6 Å². The third-order valence-corrected chi connectivity index (χ3v) is 8.46. The van der Waals surface area contributed by atoms with Crippen LogP contribution in [-0.2, 0) is 20.7 Å². The molecule has 7 atom stereocenters. The number of ether oxygens (including phenoxy) is 2. The number of nitrogens with zero attached hydrogens (tertiary/aromatic N) is 1. The van der Waals surface area contributed by atoms with E-state index in [1.807, 2.05) is 6.26 Å².